The van der Waals surface area contributed by atoms with Crippen molar-refractivity contribution in [1.29, 1.82) is 0 Å². The molecule has 7 heteroatoms. The summed E-state index contributed by atoms with van der Waals surface area (Å²) in [6.45, 7) is 6.46. The summed E-state index contributed by atoms with van der Waals surface area (Å²) in [4.78, 5) is 28.8. The lowest BCUT2D eigenvalue weighted by atomic mass is 9.74. The van der Waals surface area contributed by atoms with E-state index in [0.717, 1.165) is 35.3 Å². The molecule has 2 heterocycles. The average Bonchev–Trinajstić information content (AvgIpc) is 3.21. The molecule has 0 fully saturated rings. The monoisotopic (exact) mass is 365 g/mol. The van der Waals surface area contributed by atoms with Crippen LogP contribution in [0.5, 0.6) is 0 Å². The maximum absolute atomic E-state index is 12.5. The SMILES string of the molecule is Cc1ccccc1-n1ncc2c1CC(C)(C)C[C@@H]2NC(=O)c1c[nH]c(=O)[nH]1. The van der Waals surface area contributed by atoms with Gasteiger partial charge in [-0.2, -0.15) is 5.10 Å². The summed E-state index contributed by atoms with van der Waals surface area (Å²) in [7, 11) is 0. The van der Waals surface area contributed by atoms with Crippen molar-refractivity contribution in [3.8, 4) is 5.69 Å². The number of imidazole rings is 1. The normalized spacial score (nSPS) is 18.1. The highest BCUT2D eigenvalue weighted by Crippen LogP contribution is 2.41. The van der Waals surface area contributed by atoms with Crippen LogP contribution in [0.4, 0.5) is 0 Å². The number of carbonyl (C=O) groups excluding carboxylic acids is 1. The van der Waals surface area contributed by atoms with E-state index in [0.29, 0.717) is 0 Å². The molecule has 0 aliphatic heterocycles. The molecule has 0 bridgehead atoms. The number of amides is 1. The Morgan fingerprint density at radius 2 is 2.11 bits per heavy atom. The topological polar surface area (TPSA) is 95.6 Å². The second-order valence-corrected chi connectivity index (χ2v) is 7.97. The van der Waals surface area contributed by atoms with E-state index in [2.05, 4.69) is 53.3 Å². The summed E-state index contributed by atoms with van der Waals surface area (Å²) in [5, 5.41) is 7.69. The van der Waals surface area contributed by atoms with Gasteiger partial charge in [0, 0.05) is 11.8 Å². The van der Waals surface area contributed by atoms with Gasteiger partial charge in [0.1, 0.15) is 5.69 Å². The van der Waals surface area contributed by atoms with Crippen LogP contribution in [0.1, 0.15) is 53.6 Å². The quantitative estimate of drug-likeness (QED) is 0.666. The minimum atomic E-state index is -0.391. The third-order valence-electron chi connectivity index (χ3n) is 5.17. The smallest absolute Gasteiger partial charge is 0.323 e. The van der Waals surface area contributed by atoms with Crippen LogP contribution < -0.4 is 11.0 Å². The molecule has 140 valence electrons. The summed E-state index contributed by atoms with van der Waals surface area (Å²) in [6.07, 6.45) is 4.93. The predicted octanol–water partition coefficient (Wildman–Crippen LogP) is 2.64. The molecule has 0 spiro atoms. The Bertz CT molecular complexity index is 1060. The van der Waals surface area contributed by atoms with Crippen LogP contribution >= 0.6 is 0 Å². The number of para-hydroxylation sites is 1. The lowest BCUT2D eigenvalue weighted by molar-refractivity contribution is 0.0914. The Kier molecular flexibility index (Phi) is 4.02. The first kappa shape index (κ1) is 17.3. The van der Waals surface area contributed by atoms with E-state index >= 15 is 0 Å². The molecule has 2 aromatic heterocycles. The number of hydrogen-bond donors (Lipinski definition) is 3. The number of benzene rings is 1. The van der Waals surface area contributed by atoms with Gasteiger partial charge in [0.25, 0.3) is 5.91 Å². The number of hydrogen-bond acceptors (Lipinski definition) is 3. The highest BCUT2D eigenvalue weighted by molar-refractivity contribution is 5.92. The number of aromatic nitrogens is 4. The molecule has 3 aromatic rings. The van der Waals surface area contributed by atoms with Crippen LogP contribution in [0.2, 0.25) is 0 Å². The molecule has 4 rings (SSSR count). The van der Waals surface area contributed by atoms with Crippen LogP contribution in [0.15, 0.2) is 41.5 Å². The van der Waals surface area contributed by atoms with Crippen LogP contribution in [0, 0.1) is 12.3 Å². The molecule has 1 aromatic carbocycles. The van der Waals surface area contributed by atoms with E-state index in [1.807, 2.05) is 23.0 Å². The first-order valence-electron chi connectivity index (χ1n) is 9.05. The number of H-pyrrole nitrogens is 2. The number of nitrogens with one attached hydrogen (secondary N) is 3. The zero-order valence-electron chi connectivity index (χ0n) is 15.7. The molecule has 0 unspecified atom stereocenters. The van der Waals surface area contributed by atoms with Gasteiger partial charge in [0.15, 0.2) is 0 Å². The number of rotatable bonds is 3. The molecule has 0 saturated heterocycles. The predicted molar refractivity (Wildman–Crippen MR) is 102 cm³/mol. The number of nitrogens with zero attached hydrogens (tertiary/aromatic N) is 2. The molecule has 1 aliphatic rings. The van der Waals surface area contributed by atoms with Crippen LogP contribution in [-0.4, -0.2) is 25.7 Å². The standard InChI is InChI=1S/C20H23N5O2/c1-12-6-4-5-7-16(12)25-17-9-20(2,3)8-14(13(17)10-22-25)23-18(26)15-11-21-19(27)24-15/h4-7,10-11,14H,8-9H2,1-3H3,(H,23,26)(H2,21,24,27)/t14-/m0/s1. The Labute approximate surface area is 156 Å². The molecule has 27 heavy (non-hydrogen) atoms. The lowest BCUT2D eigenvalue weighted by Gasteiger charge is -2.36. The molecule has 1 amide bonds. The number of aryl methyl sites for hydroxylation is 1. The summed E-state index contributed by atoms with van der Waals surface area (Å²) in [5.74, 6) is -0.300. The average molecular weight is 365 g/mol. The molecule has 7 nitrogen and oxygen atoms in total. The van der Waals surface area contributed by atoms with Gasteiger partial charge in [-0.3, -0.25) is 4.79 Å². The van der Waals surface area contributed by atoms with Crippen molar-refractivity contribution in [2.75, 3.05) is 0 Å². The zero-order chi connectivity index (χ0) is 19.2. The van der Waals surface area contributed by atoms with Gasteiger partial charge in [-0.25, -0.2) is 9.48 Å². The highest BCUT2D eigenvalue weighted by Gasteiger charge is 2.36. The first-order valence-corrected chi connectivity index (χ1v) is 9.05. The minimum Gasteiger partial charge on any atom is -0.344 e. The Hall–Kier alpha value is -3.09. The second kappa shape index (κ2) is 6.26. The van der Waals surface area contributed by atoms with Gasteiger partial charge in [-0.05, 0) is 36.8 Å². The van der Waals surface area contributed by atoms with Gasteiger partial charge in [-0.1, -0.05) is 32.0 Å². The Balaban J connectivity index is 1.71. The van der Waals surface area contributed by atoms with Gasteiger partial charge < -0.3 is 15.3 Å². The van der Waals surface area contributed by atoms with Crippen molar-refractivity contribution in [3.05, 3.63) is 69.7 Å². The summed E-state index contributed by atoms with van der Waals surface area (Å²) in [6, 6.07) is 7.99. The summed E-state index contributed by atoms with van der Waals surface area (Å²) in [5.41, 5.74) is 4.20. The first-order chi connectivity index (χ1) is 12.8. The maximum Gasteiger partial charge on any atom is 0.323 e. The van der Waals surface area contributed by atoms with Gasteiger partial charge >= 0.3 is 5.69 Å². The van der Waals surface area contributed by atoms with E-state index in [4.69, 9.17) is 0 Å². The molecule has 0 saturated carbocycles. The van der Waals surface area contributed by atoms with Crippen molar-refractivity contribution in [1.82, 2.24) is 25.1 Å². The van der Waals surface area contributed by atoms with Crippen molar-refractivity contribution >= 4 is 5.91 Å². The van der Waals surface area contributed by atoms with Gasteiger partial charge in [0.2, 0.25) is 0 Å². The number of fused-ring (bicyclic) bond motifs is 1. The molecule has 1 atom stereocenters. The van der Waals surface area contributed by atoms with Crippen molar-refractivity contribution in [3.63, 3.8) is 0 Å². The van der Waals surface area contributed by atoms with E-state index in [1.54, 1.807) is 0 Å². The highest BCUT2D eigenvalue weighted by atomic mass is 16.2. The second-order valence-electron chi connectivity index (χ2n) is 7.97. The third kappa shape index (κ3) is 3.20. The number of carbonyl (C=O) groups is 1. The van der Waals surface area contributed by atoms with E-state index in [-0.39, 0.29) is 23.1 Å². The number of aromatic amines is 2. The molecule has 1 aliphatic carbocycles. The molecular weight excluding hydrogens is 342 g/mol. The fourth-order valence-electron chi connectivity index (χ4n) is 3.87. The maximum atomic E-state index is 12.5. The lowest BCUT2D eigenvalue weighted by Crippen LogP contribution is -2.37. The van der Waals surface area contributed by atoms with E-state index in [1.165, 1.54) is 6.20 Å². The van der Waals surface area contributed by atoms with Gasteiger partial charge in [-0.15, -0.1) is 0 Å². The fraction of sp³-hybridized carbons (Fsp3) is 0.350. The fourth-order valence-corrected chi connectivity index (χ4v) is 3.87. The van der Waals surface area contributed by atoms with Gasteiger partial charge in [0.05, 0.1) is 23.6 Å². The largest absolute Gasteiger partial charge is 0.344 e. The minimum absolute atomic E-state index is 0.0109. The Morgan fingerprint density at radius 1 is 1.33 bits per heavy atom. The third-order valence-corrected chi connectivity index (χ3v) is 5.17. The molecule has 0 radical (unpaired) electrons. The summed E-state index contributed by atoms with van der Waals surface area (Å²) < 4.78 is 1.99. The van der Waals surface area contributed by atoms with Crippen LogP contribution in [-0.2, 0) is 6.42 Å². The van der Waals surface area contributed by atoms with Crippen molar-refractivity contribution in [2.45, 2.75) is 39.7 Å². The van der Waals surface area contributed by atoms with Crippen molar-refractivity contribution in [2.24, 2.45) is 5.41 Å². The molecular formula is C20H23N5O2. The van der Waals surface area contributed by atoms with E-state index in [9.17, 15) is 9.59 Å². The van der Waals surface area contributed by atoms with Crippen LogP contribution in [0.25, 0.3) is 5.69 Å². The van der Waals surface area contributed by atoms with Crippen LogP contribution in [0.3, 0.4) is 0 Å². The van der Waals surface area contributed by atoms with E-state index < -0.39 is 5.69 Å². The Morgan fingerprint density at radius 3 is 2.81 bits per heavy atom. The zero-order valence-corrected chi connectivity index (χ0v) is 15.7. The van der Waals surface area contributed by atoms with Crippen molar-refractivity contribution < 1.29 is 4.79 Å². The molecule has 3 N–H and O–H groups in total. The summed E-state index contributed by atoms with van der Waals surface area (Å²) >= 11 is 0.